The van der Waals surface area contributed by atoms with Crippen LogP contribution in [0.1, 0.15) is 11.7 Å². The molecule has 0 bridgehead atoms. The number of anilines is 2. The summed E-state index contributed by atoms with van der Waals surface area (Å²) in [6.45, 7) is 5.03. The third-order valence-electron chi connectivity index (χ3n) is 4.06. The molecule has 0 spiro atoms. The normalized spacial score (nSPS) is 18.5. The number of hydrogen-bond donors (Lipinski definition) is 1. The van der Waals surface area contributed by atoms with Crippen molar-refractivity contribution in [1.82, 2.24) is 25.1 Å². The number of urea groups is 1. The van der Waals surface area contributed by atoms with Gasteiger partial charge in [0.2, 0.25) is 0 Å². The van der Waals surface area contributed by atoms with Crippen molar-refractivity contribution >= 4 is 17.5 Å². The number of aromatic nitrogens is 4. The molecule has 0 unspecified atom stereocenters. The van der Waals surface area contributed by atoms with Crippen molar-refractivity contribution in [3.63, 3.8) is 0 Å². The zero-order valence-electron chi connectivity index (χ0n) is 12.3. The molecule has 22 heavy (non-hydrogen) atoms. The molecule has 2 aliphatic heterocycles. The maximum Gasteiger partial charge on any atom is 0.322 e. The Bertz CT molecular complexity index is 707. The van der Waals surface area contributed by atoms with Gasteiger partial charge >= 0.3 is 6.03 Å². The molecular formula is C14H17N7O. The number of carbonyl (C=O) groups excluding carboxylic acids is 1. The molecule has 0 aliphatic carbocycles. The standard InChI is InChI=1S/C14H17N7O/c1-10-4-15-6-13(18-10)19-7-12(8-19)21-9-11(5-17-21)20-3-2-16-14(20)22/h4-6,9,12H,2-3,7-8H2,1H3,(H,16,22). The van der Waals surface area contributed by atoms with E-state index >= 15 is 0 Å². The Kier molecular flexibility index (Phi) is 2.95. The number of aryl methyl sites for hydroxylation is 1. The highest BCUT2D eigenvalue weighted by atomic mass is 16.2. The summed E-state index contributed by atoms with van der Waals surface area (Å²) in [5, 5.41) is 7.19. The van der Waals surface area contributed by atoms with Crippen LogP contribution in [0.3, 0.4) is 0 Å². The molecule has 2 aliphatic rings. The van der Waals surface area contributed by atoms with Gasteiger partial charge in [-0.1, -0.05) is 0 Å². The lowest BCUT2D eigenvalue weighted by Crippen LogP contribution is -2.48. The Balaban J connectivity index is 1.43. The summed E-state index contributed by atoms with van der Waals surface area (Å²) in [6, 6.07) is 0.256. The predicted molar refractivity (Wildman–Crippen MR) is 81.0 cm³/mol. The molecule has 8 nitrogen and oxygen atoms in total. The molecule has 2 amide bonds. The number of rotatable bonds is 3. The van der Waals surface area contributed by atoms with Gasteiger partial charge in [-0.25, -0.2) is 9.78 Å². The minimum absolute atomic E-state index is 0.0511. The van der Waals surface area contributed by atoms with Crippen LogP contribution in [0.25, 0.3) is 0 Å². The summed E-state index contributed by atoms with van der Waals surface area (Å²) < 4.78 is 1.93. The molecule has 0 atom stereocenters. The number of hydrogen-bond acceptors (Lipinski definition) is 5. The number of amides is 2. The maximum atomic E-state index is 11.7. The Morgan fingerprint density at radius 2 is 2.14 bits per heavy atom. The van der Waals surface area contributed by atoms with Crippen molar-refractivity contribution in [2.75, 3.05) is 36.0 Å². The first-order valence-corrected chi connectivity index (χ1v) is 7.34. The van der Waals surface area contributed by atoms with Gasteiger partial charge in [-0.05, 0) is 6.92 Å². The van der Waals surface area contributed by atoms with Crippen LogP contribution in [0.4, 0.5) is 16.3 Å². The van der Waals surface area contributed by atoms with E-state index in [-0.39, 0.29) is 6.03 Å². The maximum absolute atomic E-state index is 11.7. The third kappa shape index (κ3) is 2.16. The average molecular weight is 299 g/mol. The van der Waals surface area contributed by atoms with E-state index in [1.807, 2.05) is 17.8 Å². The van der Waals surface area contributed by atoms with E-state index in [0.29, 0.717) is 19.1 Å². The number of nitrogens with one attached hydrogen (secondary N) is 1. The lowest BCUT2D eigenvalue weighted by Gasteiger charge is -2.39. The van der Waals surface area contributed by atoms with Crippen LogP contribution >= 0.6 is 0 Å². The summed E-state index contributed by atoms with van der Waals surface area (Å²) in [7, 11) is 0. The van der Waals surface area contributed by atoms with E-state index < -0.39 is 0 Å². The molecule has 4 heterocycles. The van der Waals surface area contributed by atoms with Gasteiger partial charge in [0, 0.05) is 38.6 Å². The predicted octanol–water partition coefficient (Wildman–Crippen LogP) is 0.572. The van der Waals surface area contributed by atoms with Gasteiger partial charge in [-0.2, -0.15) is 5.10 Å². The van der Waals surface area contributed by atoms with Gasteiger partial charge < -0.3 is 10.2 Å². The quantitative estimate of drug-likeness (QED) is 0.896. The minimum Gasteiger partial charge on any atom is -0.351 e. The van der Waals surface area contributed by atoms with E-state index in [9.17, 15) is 4.79 Å². The molecule has 1 N–H and O–H groups in total. The van der Waals surface area contributed by atoms with Gasteiger partial charge in [0.15, 0.2) is 0 Å². The Morgan fingerprint density at radius 1 is 1.27 bits per heavy atom. The van der Waals surface area contributed by atoms with E-state index in [2.05, 4.69) is 25.3 Å². The van der Waals surface area contributed by atoms with Crippen molar-refractivity contribution in [3.05, 3.63) is 30.5 Å². The van der Waals surface area contributed by atoms with E-state index in [1.54, 1.807) is 23.5 Å². The van der Waals surface area contributed by atoms with Crippen molar-refractivity contribution in [3.8, 4) is 0 Å². The molecule has 2 aromatic rings. The molecule has 0 aromatic carbocycles. The largest absolute Gasteiger partial charge is 0.351 e. The van der Waals surface area contributed by atoms with Crippen LogP contribution in [0.15, 0.2) is 24.8 Å². The molecule has 2 saturated heterocycles. The van der Waals surface area contributed by atoms with Gasteiger partial charge in [0.1, 0.15) is 5.82 Å². The van der Waals surface area contributed by atoms with Gasteiger partial charge in [0.05, 0.1) is 29.8 Å². The molecule has 2 fully saturated rings. The Morgan fingerprint density at radius 3 is 2.86 bits per heavy atom. The third-order valence-corrected chi connectivity index (χ3v) is 4.06. The van der Waals surface area contributed by atoms with Gasteiger partial charge in [-0.3, -0.25) is 14.6 Å². The SMILES string of the molecule is Cc1cncc(N2CC(n3cc(N4CCNC4=O)cn3)C2)n1. The molecule has 0 radical (unpaired) electrons. The summed E-state index contributed by atoms with van der Waals surface area (Å²) in [6.07, 6.45) is 7.23. The van der Waals surface area contributed by atoms with Crippen molar-refractivity contribution < 1.29 is 4.79 Å². The van der Waals surface area contributed by atoms with Crippen LogP contribution in [0.5, 0.6) is 0 Å². The number of carbonyl (C=O) groups is 1. The van der Waals surface area contributed by atoms with Crippen molar-refractivity contribution in [2.45, 2.75) is 13.0 Å². The average Bonchev–Trinajstić information content (AvgIpc) is 3.06. The Hall–Kier alpha value is -2.64. The summed E-state index contributed by atoms with van der Waals surface area (Å²) >= 11 is 0. The highest BCUT2D eigenvalue weighted by Crippen LogP contribution is 2.27. The highest BCUT2D eigenvalue weighted by molar-refractivity contribution is 5.93. The smallest absolute Gasteiger partial charge is 0.322 e. The van der Waals surface area contributed by atoms with Gasteiger partial charge in [0.25, 0.3) is 0 Å². The van der Waals surface area contributed by atoms with Crippen LogP contribution in [-0.2, 0) is 0 Å². The van der Waals surface area contributed by atoms with Crippen molar-refractivity contribution in [1.29, 1.82) is 0 Å². The first-order chi connectivity index (χ1) is 10.7. The fraction of sp³-hybridized carbons (Fsp3) is 0.429. The molecule has 8 heteroatoms. The van der Waals surface area contributed by atoms with E-state index in [0.717, 1.165) is 30.3 Å². The van der Waals surface area contributed by atoms with Crippen LogP contribution in [0, 0.1) is 6.92 Å². The van der Waals surface area contributed by atoms with E-state index in [4.69, 9.17) is 0 Å². The minimum atomic E-state index is -0.0511. The lowest BCUT2D eigenvalue weighted by atomic mass is 10.1. The molecular weight excluding hydrogens is 282 g/mol. The van der Waals surface area contributed by atoms with E-state index in [1.165, 1.54) is 0 Å². The zero-order chi connectivity index (χ0) is 15.1. The molecule has 4 rings (SSSR count). The second-order valence-corrected chi connectivity index (χ2v) is 5.64. The zero-order valence-corrected chi connectivity index (χ0v) is 12.3. The lowest BCUT2D eigenvalue weighted by molar-refractivity contribution is 0.252. The summed E-state index contributed by atoms with van der Waals surface area (Å²) in [5.41, 5.74) is 1.77. The van der Waals surface area contributed by atoms with Crippen molar-refractivity contribution in [2.24, 2.45) is 0 Å². The van der Waals surface area contributed by atoms with Crippen LogP contribution < -0.4 is 15.1 Å². The summed E-state index contributed by atoms with van der Waals surface area (Å²) in [4.78, 5) is 24.2. The second-order valence-electron chi connectivity index (χ2n) is 5.64. The fourth-order valence-corrected chi connectivity index (χ4v) is 2.80. The second kappa shape index (κ2) is 4.97. The molecule has 0 saturated carbocycles. The monoisotopic (exact) mass is 299 g/mol. The topological polar surface area (TPSA) is 79.2 Å². The Labute approximate surface area is 127 Å². The van der Waals surface area contributed by atoms with Gasteiger partial charge in [-0.15, -0.1) is 0 Å². The molecule has 114 valence electrons. The number of nitrogens with zero attached hydrogens (tertiary/aromatic N) is 6. The first-order valence-electron chi connectivity index (χ1n) is 7.34. The van der Waals surface area contributed by atoms with Crippen LogP contribution in [-0.4, -0.2) is 52.0 Å². The summed E-state index contributed by atoms with van der Waals surface area (Å²) in [5.74, 6) is 0.905. The first kappa shape index (κ1) is 13.1. The fourth-order valence-electron chi connectivity index (χ4n) is 2.80. The highest BCUT2D eigenvalue weighted by Gasteiger charge is 2.31. The molecule has 2 aromatic heterocycles. The van der Waals surface area contributed by atoms with Crippen LogP contribution in [0.2, 0.25) is 0 Å².